The van der Waals surface area contributed by atoms with Crippen LogP contribution in [0.1, 0.15) is 13.8 Å². The van der Waals surface area contributed by atoms with Crippen LogP contribution in [0, 0.1) is 5.82 Å². The fraction of sp³-hybridized carbons (Fsp3) is 0.250. The molecule has 0 radical (unpaired) electrons. The van der Waals surface area contributed by atoms with Gasteiger partial charge < -0.3 is 10.1 Å². The summed E-state index contributed by atoms with van der Waals surface area (Å²) in [6, 6.07) is 4.01. The number of nitrogens with zero attached hydrogens (tertiary/aromatic N) is 3. The van der Waals surface area contributed by atoms with Gasteiger partial charge in [0.2, 0.25) is 11.2 Å². The van der Waals surface area contributed by atoms with Gasteiger partial charge in [0.25, 0.3) is 0 Å². The predicted octanol–water partition coefficient (Wildman–Crippen LogP) is 3.85. The summed E-state index contributed by atoms with van der Waals surface area (Å²) in [5.41, 5.74) is 0.450. The zero-order chi connectivity index (χ0) is 14.7. The Morgan fingerprint density at radius 2 is 1.95 bits per heavy atom. The molecule has 0 bridgehead atoms. The average molecular weight is 317 g/mol. The van der Waals surface area contributed by atoms with E-state index in [1.165, 1.54) is 18.2 Å². The average Bonchev–Trinajstić information content (AvgIpc) is 2.31. The number of rotatable bonds is 4. The Morgan fingerprint density at radius 1 is 1.20 bits per heavy atom. The summed E-state index contributed by atoms with van der Waals surface area (Å²) >= 11 is 11.7. The molecule has 2 aromatic rings. The maximum absolute atomic E-state index is 13.0. The molecule has 0 aliphatic rings. The van der Waals surface area contributed by atoms with Crippen molar-refractivity contribution in [2.75, 3.05) is 5.32 Å². The van der Waals surface area contributed by atoms with Gasteiger partial charge >= 0.3 is 6.01 Å². The van der Waals surface area contributed by atoms with Gasteiger partial charge in [-0.15, -0.1) is 0 Å². The van der Waals surface area contributed by atoms with E-state index < -0.39 is 5.82 Å². The van der Waals surface area contributed by atoms with Gasteiger partial charge in [0.05, 0.1) is 16.8 Å². The zero-order valence-corrected chi connectivity index (χ0v) is 12.2. The highest BCUT2D eigenvalue weighted by Gasteiger charge is 2.10. The van der Waals surface area contributed by atoms with Crippen LogP contribution in [-0.4, -0.2) is 21.1 Å². The van der Waals surface area contributed by atoms with Crippen molar-refractivity contribution in [3.63, 3.8) is 0 Å². The van der Waals surface area contributed by atoms with Crippen molar-refractivity contribution >= 4 is 34.8 Å². The van der Waals surface area contributed by atoms with Crippen LogP contribution in [0.4, 0.5) is 16.0 Å². The molecule has 0 saturated carbocycles. The number of nitrogens with one attached hydrogen (secondary N) is 1. The summed E-state index contributed by atoms with van der Waals surface area (Å²) < 4.78 is 18.3. The molecule has 0 fully saturated rings. The van der Waals surface area contributed by atoms with Crippen molar-refractivity contribution in [1.29, 1.82) is 0 Å². The first-order chi connectivity index (χ1) is 9.44. The monoisotopic (exact) mass is 316 g/mol. The Labute approximate surface area is 125 Å². The molecule has 1 heterocycles. The molecule has 0 amide bonds. The van der Waals surface area contributed by atoms with Gasteiger partial charge in [-0.2, -0.15) is 15.0 Å². The van der Waals surface area contributed by atoms with Crippen LogP contribution in [0.2, 0.25) is 10.3 Å². The highest BCUT2D eigenvalue weighted by atomic mass is 35.5. The van der Waals surface area contributed by atoms with Crippen LogP contribution in [0.25, 0.3) is 0 Å². The quantitative estimate of drug-likeness (QED) is 0.928. The van der Waals surface area contributed by atoms with Crippen LogP contribution in [0.3, 0.4) is 0 Å². The number of hydrogen-bond donors (Lipinski definition) is 1. The minimum Gasteiger partial charge on any atom is -0.461 e. The van der Waals surface area contributed by atoms with E-state index in [2.05, 4.69) is 20.3 Å². The number of aromatic nitrogens is 3. The lowest BCUT2D eigenvalue weighted by Crippen LogP contribution is -2.10. The summed E-state index contributed by atoms with van der Waals surface area (Å²) in [5, 5.41) is 3.01. The molecule has 1 aromatic heterocycles. The van der Waals surface area contributed by atoms with E-state index in [4.69, 9.17) is 27.9 Å². The van der Waals surface area contributed by atoms with Crippen molar-refractivity contribution in [2.24, 2.45) is 0 Å². The van der Waals surface area contributed by atoms with Crippen molar-refractivity contribution in [3.05, 3.63) is 34.3 Å². The highest BCUT2D eigenvalue weighted by molar-refractivity contribution is 6.33. The smallest absolute Gasteiger partial charge is 0.322 e. The lowest BCUT2D eigenvalue weighted by Gasteiger charge is -2.10. The fourth-order valence-electron chi connectivity index (χ4n) is 1.36. The summed E-state index contributed by atoms with van der Waals surface area (Å²) in [6.45, 7) is 3.67. The molecule has 8 heteroatoms. The van der Waals surface area contributed by atoms with Gasteiger partial charge in [0.15, 0.2) is 0 Å². The largest absolute Gasteiger partial charge is 0.461 e. The number of hydrogen-bond acceptors (Lipinski definition) is 5. The van der Waals surface area contributed by atoms with Gasteiger partial charge in [-0.25, -0.2) is 4.39 Å². The van der Waals surface area contributed by atoms with E-state index >= 15 is 0 Å². The summed E-state index contributed by atoms with van der Waals surface area (Å²) in [5.74, 6) is -0.271. The number of ether oxygens (including phenoxy) is 1. The van der Waals surface area contributed by atoms with E-state index in [0.717, 1.165) is 0 Å². The van der Waals surface area contributed by atoms with Crippen LogP contribution >= 0.6 is 23.2 Å². The van der Waals surface area contributed by atoms with Crippen molar-refractivity contribution in [2.45, 2.75) is 20.0 Å². The number of benzene rings is 1. The van der Waals surface area contributed by atoms with Gasteiger partial charge in [0.1, 0.15) is 5.82 Å². The third-order valence-corrected chi connectivity index (χ3v) is 2.59. The Kier molecular flexibility index (Phi) is 4.57. The SMILES string of the molecule is CC(C)Oc1nc(Cl)nc(Nc2ccc(F)cc2Cl)n1. The van der Waals surface area contributed by atoms with Gasteiger partial charge in [-0.3, -0.25) is 0 Å². The third kappa shape index (κ3) is 3.91. The van der Waals surface area contributed by atoms with Crippen LogP contribution in [0.5, 0.6) is 6.01 Å². The first-order valence-electron chi connectivity index (χ1n) is 5.74. The van der Waals surface area contributed by atoms with E-state index in [9.17, 15) is 4.39 Å². The zero-order valence-electron chi connectivity index (χ0n) is 10.7. The molecule has 106 valence electrons. The Bertz CT molecular complexity index is 624. The van der Waals surface area contributed by atoms with Gasteiger partial charge in [0, 0.05) is 0 Å². The predicted molar refractivity (Wildman–Crippen MR) is 75.3 cm³/mol. The molecule has 2 rings (SSSR count). The lowest BCUT2D eigenvalue weighted by atomic mass is 10.3. The molecule has 0 unspecified atom stereocenters. The van der Waals surface area contributed by atoms with E-state index in [0.29, 0.717) is 5.69 Å². The molecule has 1 aromatic carbocycles. The lowest BCUT2D eigenvalue weighted by molar-refractivity contribution is 0.222. The summed E-state index contributed by atoms with van der Waals surface area (Å²) in [7, 11) is 0. The van der Waals surface area contributed by atoms with E-state index in [-0.39, 0.29) is 28.4 Å². The molecule has 1 N–H and O–H groups in total. The molecule has 0 aliphatic heterocycles. The fourth-order valence-corrected chi connectivity index (χ4v) is 1.73. The minimum absolute atomic E-state index is 0.0172. The standard InChI is InChI=1S/C12H11Cl2FN4O/c1-6(2)20-12-18-10(14)17-11(19-12)16-9-4-3-7(15)5-8(9)13/h3-6H,1-2H3,(H,16,17,18,19). The first kappa shape index (κ1) is 14.7. The highest BCUT2D eigenvalue weighted by Crippen LogP contribution is 2.25. The second kappa shape index (κ2) is 6.19. The maximum atomic E-state index is 13.0. The van der Waals surface area contributed by atoms with Crippen molar-refractivity contribution < 1.29 is 9.13 Å². The molecular weight excluding hydrogens is 306 g/mol. The normalized spacial score (nSPS) is 10.7. The van der Waals surface area contributed by atoms with Crippen molar-refractivity contribution in [3.8, 4) is 6.01 Å². The Balaban J connectivity index is 2.26. The van der Waals surface area contributed by atoms with Crippen LogP contribution in [-0.2, 0) is 0 Å². The molecule has 0 saturated heterocycles. The third-order valence-electron chi connectivity index (χ3n) is 2.11. The second-order valence-corrected chi connectivity index (χ2v) is 4.87. The maximum Gasteiger partial charge on any atom is 0.322 e. The summed E-state index contributed by atoms with van der Waals surface area (Å²) in [4.78, 5) is 11.8. The van der Waals surface area contributed by atoms with Crippen molar-refractivity contribution in [1.82, 2.24) is 15.0 Å². The molecule has 5 nitrogen and oxygen atoms in total. The number of anilines is 2. The molecule has 0 atom stereocenters. The van der Waals surface area contributed by atoms with Crippen LogP contribution in [0.15, 0.2) is 18.2 Å². The summed E-state index contributed by atoms with van der Waals surface area (Å²) in [6.07, 6.45) is -0.101. The van der Waals surface area contributed by atoms with E-state index in [1.54, 1.807) is 0 Å². The second-order valence-electron chi connectivity index (χ2n) is 4.13. The molecular formula is C12H11Cl2FN4O. The molecule has 0 aliphatic carbocycles. The first-order valence-corrected chi connectivity index (χ1v) is 6.50. The Hall–Kier alpha value is -1.66. The van der Waals surface area contributed by atoms with Gasteiger partial charge in [-0.05, 0) is 43.6 Å². The van der Waals surface area contributed by atoms with Gasteiger partial charge in [-0.1, -0.05) is 11.6 Å². The van der Waals surface area contributed by atoms with E-state index in [1.807, 2.05) is 13.8 Å². The Morgan fingerprint density at radius 3 is 2.60 bits per heavy atom. The van der Waals surface area contributed by atoms with Crippen LogP contribution < -0.4 is 10.1 Å². The minimum atomic E-state index is -0.432. The number of halogens is 3. The molecule has 20 heavy (non-hydrogen) atoms. The molecule has 0 spiro atoms. The topological polar surface area (TPSA) is 59.9 Å².